The number of nitrogens with one attached hydrogen (secondary N) is 1. The third-order valence-corrected chi connectivity index (χ3v) is 2.62. The van der Waals surface area contributed by atoms with Gasteiger partial charge in [-0.2, -0.15) is 13.2 Å². The van der Waals surface area contributed by atoms with Gasteiger partial charge in [0.1, 0.15) is 0 Å². The largest absolute Gasteiger partial charge is 0.416 e. The van der Waals surface area contributed by atoms with Crippen LogP contribution >= 0.6 is 0 Å². The molecule has 0 fully saturated rings. The number of rotatable bonds is 1. The third kappa shape index (κ3) is 2.45. The number of aromatic amines is 1. The summed E-state index contributed by atoms with van der Waals surface area (Å²) in [7, 11) is 0. The maximum atomic E-state index is 12.6. The minimum absolute atomic E-state index is 0.275. The Morgan fingerprint density at radius 3 is 2.44 bits per heavy atom. The highest BCUT2D eigenvalue weighted by molar-refractivity contribution is 5.66. The van der Waals surface area contributed by atoms with Crippen LogP contribution in [0.4, 0.5) is 13.2 Å². The smallest absolute Gasteiger partial charge is 0.326 e. The molecule has 0 aliphatic rings. The molecular formula is C13H10F3NO. The maximum Gasteiger partial charge on any atom is 0.416 e. The second kappa shape index (κ2) is 4.33. The van der Waals surface area contributed by atoms with E-state index in [4.69, 9.17) is 0 Å². The number of benzene rings is 1. The summed E-state index contributed by atoms with van der Waals surface area (Å²) in [6, 6.07) is 7.83. The van der Waals surface area contributed by atoms with Crippen molar-refractivity contribution >= 4 is 0 Å². The van der Waals surface area contributed by atoms with Gasteiger partial charge in [-0.15, -0.1) is 0 Å². The standard InChI is InChI=1S/C13H10F3NO/c1-8-11(5-6-12(18)17-8)9-3-2-4-10(7-9)13(14,15)16/h2-7H,1H3,(H,17,18). The SMILES string of the molecule is Cc1[nH]c(=O)ccc1-c1cccc(C(F)(F)F)c1. The molecule has 0 aliphatic heterocycles. The number of halogens is 3. The molecule has 0 radical (unpaired) electrons. The Balaban J connectivity index is 2.55. The molecular weight excluding hydrogens is 243 g/mol. The van der Waals surface area contributed by atoms with E-state index in [2.05, 4.69) is 4.98 Å². The lowest BCUT2D eigenvalue weighted by molar-refractivity contribution is -0.137. The summed E-state index contributed by atoms with van der Waals surface area (Å²) in [6.07, 6.45) is -4.37. The van der Waals surface area contributed by atoms with Crippen LogP contribution < -0.4 is 5.56 Å². The molecule has 0 spiro atoms. The fourth-order valence-electron chi connectivity index (χ4n) is 1.75. The van der Waals surface area contributed by atoms with Gasteiger partial charge >= 0.3 is 6.18 Å². The van der Waals surface area contributed by atoms with Crippen LogP contribution in [0.5, 0.6) is 0 Å². The first-order valence-electron chi connectivity index (χ1n) is 5.25. The molecule has 2 rings (SSSR count). The molecule has 1 aromatic heterocycles. The summed E-state index contributed by atoms with van der Waals surface area (Å²) in [5.41, 5.74) is 0.579. The van der Waals surface area contributed by atoms with Crippen LogP contribution in [0, 0.1) is 6.92 Å². The van der Waals surface area contributed by atoms with E-state index in [1.54, 1.807) is 13.0 Å². The highest BCUT2D eigenvalue weighted by atomic mass is 19.4. The molecule has 5 heteroatoms. The summed E-state index contributed by atoms with van der Waals surface area (Å²) in [5.74, 6) is 0. The van der Waals surface area contributed by atoms with E-state index < -0.39 is 11.7 Å². The van der Waals surface area contributed by atoms with Gasteiger partial charge in [0.25, 0.3) is 0 Å². The zero-order chi connectivity index (χ0) is 13.3. The molecule has 0 amide bonds. The van der Waals surface area contributed by atoms with E-state index in [1.807, 2.05) is 0 Å². The molecule has 0 unspecified atom stereocenters. The molecule has 1 heterocycles. The van der Waals surface area contributed by atoms with Crippen molar-refractivity contribution < 1.29 is 13.2 Å². The second-order valence-corrected chi connectivity index (χ2v) is 3.94. The fraction of sp³-hybridized carbons (Fsp3) is 0.154. The van der Waals surface area contributed by atoms with E-state index in [0.717, 1.165) is 12.1 Å². The average molecular weight is 253 g/mol. The molecule has 0 saturated carbocycles. The summed E-state index contributed by atoms with van der Waals surface area (Å²) in [5, 5.41) is 0. The van der Waals surface area contributed by atoms with Crippen molar-refractivity contribution in [2.45, 2.75) is 13.1 Å². The lowest BCUT2D eigenvalue weighted by Crippen LogP contribution is -2.07. The van der Waals surface area contributed by atoms with Gasteiger partial charge < -0.3 is 4.98 Å². The summed E-state index contributed by atoms with van der Waals surface area (Å²) >= 11 is 0. The van der Waals surface area contributed by atoms with Crippen LogP contribution in [-0.4, -0.2) is 4.98 Å². The molecule has 2 aromatic rings. The van der Waals surface area contributed by atoms with Crippen LogP contribution in [0.2, 0.25) is 0 Å². The fourth-order valence-corrected chi connectivity index (χ4v) is 1.75. The Morgan fingerprint density at radius 2 is 1.83 bits per heavy atom. The Morgan fingerprint density at radius 1 is 1.11 bits per heavy atom. The summed E-state index contributed by atoms with van der Waals surface area (Å²) < 4.78 is 37.8. The quantitative estimate of drug-likeness (QED) is 0.830. The Bertz CT molecular complexity index is 629. The molecule has 2 nitrogen and oxygen atoms in total. The highest BCUT2D eigenvalue weighted by Crippen LogP contribution is 2.32. The van der Waals surface area contributed by atoms with Crippen molar-refractivity contribution in [3.63, 3.8) is 0 Å². The third-order valence-electron chi connectivity index (χ3n) is 2.62. The van der Waals surface area contributed by atoms with Gasteiger partial charge in [-0.3, -0.25) is 4.79 Å². The first-order chi connectivity index (χ1) is 8.38. The summed E-state index contributed by atoms with van der Waals surface area (Å²) in [4.78, 5) is 13.6. The monoisotopic (exact) mass is 253 g/mol. The summed E-state index contributed by atoms with van der Waals surface area (Å²) in [6.45, 7) is 1.65. The molecule has 0 aliphatic carbocycles. The zero-order valence-electron chi connectivity index (χ0n) is 9.51. The number of H-pyrrole nitrogens is 1. The zero-order valence-corrected chi connectivity index (χ0v) is 9.51. The van der Waals surface area contributed by atoms with Gasteiger partial charge in [0.15, 0.2) is 0 Å². The number of hydrogen-bond donors (Lipinski definition) is 1. The van der Waals surface area contributed by atoms with Crippen molar-refractivity contribution in [2.24, 2.45) is 0 Å². The van der Waals surface area contributed by atoms with Crippen LogP contribution in [0.25, 0.3) is 11.1 Å². The average Bonchev–Trinajstić information content (AvgIpc) is 2.28. The molecule has 94 valence electrons. The predicted molar refractivity (Wildman–Crippen MR) is 62.2 cm³/mol. The molecule has 18 heavy (non-hydrogen) atoms. The van der Waals surface area contributed by atoms with E-state index in [1.165, 1.54) is 18.2 Å². The number of aromatic nitrogens is 1. The number of hydrogen-bond acceptors (Lipinski definition) is 1. The normalized spacial score (nSPS) is 11.6. The molecule has 0 bridgehead atoms. The minimum atomic E-state index is -4.37. The van der Waals surface area contributed by atoms with E-state index in [0.29, 0.717) is 16.8 Å². The molecule has 0 atom stereocenters. The topological polar surface area (TPSA) is 32.9 Å². The van der Waals surface area contributed by atoms with Crippen molar-refractivity contribution in [1.82, 2.24) is 4.98 Å². The number of pyridine rings is 1. The lowest BCUT2D eigenvalue weighted by atomic mass is 10.0. The Hall–Kier alpha value is -2.04. The molecule has 1 N–H and O–H groups in total. The Kier molecular flexibility index (Phi) is 2.98. The maximum absolute atomic E-state index is 12.6. The van der Waals surface area contributed by atoms with Gasteiger partial charge in [0.2, 0.25) is 5.56 Å². The lowest BCUT2D eigenvalue weighted by Gasteiger charge is -2.10. The first-order valence-corrected chi connectivity index (χ1v) is 5.25. The second-order valence-electron chi connectivity index (χ2n) is 3.94. The molecule has 1 aromatic carbocycles. The van der Waals surface area contributed by atoms with Crippen molar-refractivity contribution in [2.75, 3.05) is 0 Å². The van der Waals surface area contributed by atoms with Crippen LogP contribution in [0.1, 0.15) is 11.3 Å². The van der Waals surface area contributed by atoms with E-state index in [-0.39, 0.29) is 5.56 Å². The molecule has 0 saturated heterocycles. The van der Waals surface area contributed by atoms with Crippen LogP contribution in [-0.2, 0) is 6.18 Å². The van der Waals surface area contributed by atoms with Crippen molar-refractivity contribution in [1.29, 1.82) is 0 Å². The number of alkyl halides is 3. The number of aryl methyl sites for hydroxylation is 1. The van der Waals surface area contributed by atoms with Crippen molar-refractivity contribution in [3.05, 3.63) is 58.0 Å². The van der Waals surface area contributed by atoms with E-state index in [9.17, 15) is 18.0 Å². The Labute approximate surface area is 101 Å². The minimum Gasteiger partial charge on any atom is -0.326 e. The highest BCUT2D eigenvalue weighted by Gasteiger charge is 2.30. The van der Waals surface area contributed by atoms with Gasteiger partial charge in [-0.1, -0.05) is 12.1 Å². The predicted octanol–water partition coefficient (Wildman–Crippen LogP) is 3.37. The van der Waals surface area contributed by atoms with Gasteiger partial charge in [0.05, 0.1) is 5.56 Å². The van der Waals surface area contributed by atoms with Gasteiger partial charge in [-0.05, 0) is 30.7 Å². The van der Waals surface area contributed by atoms with Gasteiger partial charge in [0, 0.05) is 17.3 Å². The first kappa shape index (κ1) is 12.4. The van der Waals surface area contributed by atoms with Gasteiger partial charge in [-0.25, -0.2) is 0 Å². The van der Waals surface area contributed by atoms with Crippen molar-refractivity contribution in [3.8, 4) is 11.1 Å². The van der Waals surface area contributed by atoms with E-state index >= 15 is 0 Å². The van der Waals surface area contributed by atoms with Crippen LogP contribution in [0.15, 0.2) is 41.2 Å². The van der Waals surface area contributed by atoms with Crippen LogP contribution in [0.3, 0.4) is 0 Å².